The van der Waals surface area contributed by atoms with Crippen molar-refractivity contribution in [1.29, 1.82) is 0 Å². The minimum Gasteiger partial charge on any atom is -0.313 e. The first-order valence-corrected chi connectivity index (χ1v) is 6.68. The molecule has 2 nitrogen and oxygen atoms in total. The van der Waals surface area contributed by atoms with E-state index in [0.29, 0.717) is 6.04 Å². The molecule has 1 aliphatic rings. The van der Waals surface area contributed by atoms with Crippen molar-refractivity contribution in [2.24, 2.45) is 0 Å². The largest absolute Gasteiger partial charge is 0.313 e. The maximum atomic E-state index is 3.58. The maximum Gasteiger partial charge on any atom is 0.0224 e. The van der Waals surface area contributed by atoms with Crippen LogP contribution in [0.1, 0.15) is 53.4 Å². The molecule has 1 aliphatic heterocycles. The fourth-order valence-corrected chi connectivity index (χ4v) is 2.69. The van der Waals surface area contributed by atoms with Crippen LogP contribution in [0.25, 0.3) is 0 Å². The van der Waals surface area contributed by atoms with E-state index in [1.807, 2.05) is 0 Å². The Balaban J connectivity index is 2.41. The highest BCUT2D eigenvalue weighted by molar-refractivity contribution is 4.85. The van der Waals surface area contributed by atoms with E-state index in [0.717, 1.165) is 12.1 Å². The molecule has 0 bridgehead atoms. The standard InChI is InChI=1S/C13H28N2/c1-5-12(6-2)15-9-7-8-13(15)10-14-11(3)4/h11-14H,5-10H2,1-4H3. The first kappa shape index (κ1) is 13.0. The highest BCUT2D eigenvalue weighted by Gasteiger charge is 2.28. The average Bonchev–Trinajstić information content (AvgIpc) is 2.65. The van der Waals surface area contributed by atoms with Crippen molar-refractivity contribution in [2.75, 3.05) is 13.1 Å². The lowest BCUT2D eigenvalue weighted by atomic mass is 10.1. The van der Waals surface area contributed by atoms with Crippen LogP contribution < -0.4 is 5.32 Å². The van der Waals surface area contributed by atoms with Crippen LogP contribution in [0.15, 0.2) is 0 Å². The third-order valence-corrected chi connectivity index (χ3v) is 3.60. The summed E-state index contributed by atoms with van der Waals surface area (Å²) >= 11 is 0. The summed E-state index contributed by atoms with van der Waals surface area (Å²) in [4.78, 5) is 2.73. The zero-order chi connectivity index (χ0) is 11.3. The Kier molecular flexibility index (Phi) is 5.62. The number of nitrogens with zero attached hydrogens (tertiary/aromatic N) is 1. The molecule has 0 aliphatic carbocycles. The Hall–Kier alpha value is -0.0800. The van der Waals surface area contributed by atoms with Gasteiger partial charge in [-0.25, -0.2) is 0 Å². The summed E-state index contributed by atoms with van der Waals surface area (Å²) in [6.07, 6.45) is 5.38. The first-order valence-electron chi connectivity index (χ1n) is 6.68. The Morgan fingerprint density at radius 1 is 1.27 bits per heavy atom. The van der Waals surface area contributed by atoms with Gasteiger partial charge in [-0.2, -0.15) is 0 Å². The highest BCUT2D eigenvalue weighted by Crippen LogP contribution is 2.22. The molecule has 1 saturated heterocycles. The Labute approximate surface area is 95.4 Å². The normalized spacial score (nSPS) is 23.2. The third kappa shape index (κ3) is 3.76. The van der Waals surface area contributed by atoms with Crippen molar-refractivity contribution in [3.63, 3.8) is 0 Å². The molecule has 1 N–H and O–H groups in total. The Morgan fingerprint density at radius 2 is 1.93 bits per heavy atom. The highest BCUT2D eigenvalue weighted by atomic mass is 15.2. The van der Waals surface area contributed by atoms with Crippen LogP contribution in [-0.2, 0) is 0 Å². The van der Waals surface area contributed by atoms with Crippen molar-refractivity contribution >= 4 is 0 Å². The summed E-state index contributed by atoms with van der Waals surface area (Å²) in [7, 11) is 0. The van der Waals surface area contributed by atoms with Gasteiger partial charge in [0.25, 0.3) is 0 Å². The SMILES string of the molecule is CCC(CC)N1CCCC1CNC(C)C. The van der Waals surface area contributed by atoms with Crippen molar-refractivity contribution in [3.8, 4) is 0 Å². The van der Waals surface area contributed by atoms with E-state index >= 15 is 0 Å². The van der Waals surface area contributed by atoms with E-state index in [2.05, 4.69) is 37.9 Å². The molecule has 0 aromatic rings. The number of hydrogen-bond acceptors (Lipinski definition) is 2. The third-order valence-electron chi connectivity index (χ3n) is 3.60. The molecule has 0 radical (unpaired) electrons. The van der Waals surface area contributed by atoms with E-state index in [9.17, 15) is 0 Å². The second-order valence-corrected chi connectivity index (χ2v) is 5.07. The van der Waals surface area contributed by atoms with Crippen LogP contribution in [0.5, 0.6) is 0 Å². The molecule has 0 spiro atoms. The topological polar surface area (TPSA) is 15.3 Å². The van der Waals surface area contributed by atoms with Gasteiger partial charge in [-0.1, -0.05) is 27.7 Å². The zero-order valence-corrected chi connectivity index (χ0v) is 10.9. The molecule has 0 aromatic heterocycles. The van der Waals surface area contributed by atoms with Gasteiger partial charge >= 0.3 is 0 Å². The number of likely N-dealkylation sites (tertiary alicyclic amines) is 1. The van der Waals surface area contributed by atoms with E-state index < -0.39 is 0 Å². The molecule has 15 heavy (non-hydrogen) atoms. The van der Waals surface area contributed by atoms with E-state index in [-0.39, 0.29) is 0 Å². The lowest BCUT2D eigenvalue weighted by Gasteiger charge is -2.32. The van der Waals surface area contributed by atoms with Crippen LogP contribution in [0.4, 0.5) is 0 Å². The fraction of sp³-hybridized carbons (Fsp3) is 1.00. The summed E-state index contributed by atoms with van der Waals surface area (Å²) in [5, 5.41) is 3.58. The molecule has 1 rings (SSSR count). The van der Waals surface area contributed by atoms with Gasteiger partial charge in [-0.05, 0) is 32.2 Å². The zero-order valence-electron chi connectivity index (χ0n) is 10.9. The van der Waals surface area contributed by atoms with Crippen LogP contribution in [0, 0.1) is 0 Å². The molecule has 1 fully saturated rings. The molecular weight excluding hydrogens is 184 g/mol. The predicted molar refractivity (Wildman–Crippen MR) is 67.2 cm³/mol. The number of hydrogen-bond donors (Lipinski definition) is 1. The van der Waals surface area contributed by atoms with Gasteiger partial charge in [0.1, 0.15) is 0 Å². The molecule has 2 heteroatoms. The smallest absolute Gasteiger partial charge is 0.0224 e. The average molecular weight is 212 g/mol. The number of nitrogens with one attached hydrogen (secondary N) is 1. The fourth-order valence-electron chi connectivity index (χ4n) is 2.69. The molecule has 90 valence electrons. The van der Waals surface area contributed by atoms with Gasteiger partial charge < -0.3 is 5.32 Å². The van der Waals surface area contributed by atoms with Crippen molar-refractivity contribution in [3.05, 3.63) is 0 Å². The van der Waals surface area contributed by atoms with Gasteiger partial charge in [0.15, 0.2) is 0 Å². The second kappa shape index (κ2) is 6.49. The molecule has 1 atom stereocenters. The van der Waals surface area contributed by atoms with Gasteiger partial charge in [0.2, 0.25) is 0 Å². The minimum atomic E-state index is 0.620. The summed E-state index contributed by atoms with van der Waals surface area (Å²) in [6, 6.07) is 2.22. The summed E-state index contributed by atoms with van der Waals surface area (Å²) in [6.45, 7) is 11.6. The second-order valence-electron chi connectivity index (χ2n) is 5.07. The maximum absolute atomic E-state index is 3.58. The summed E-state index contributed by atoms with van der Waals surface area (Å²) in [5.41, 5.74) is 0. The van der Waals surface area contributed by atoms with Gasteiger partial charge in [0, 0.05) is 24.7 Å². The summed E-state index contributed by atoms with van der Waals surface area (Å²) < 4.78 is 0. The summed E-state index contributed by atoms with van der Waals surface area (Å²) in [5.74, 6) is 0. The molecule has 1 heterocycles. The van der Waals surface area contributed by atoms with Crippen LogP contribution in [0.2, 0.25) is 0 Å². The van der Waals surface area contributed by atoms with Crippen molar-refractivity contribution < 1.29 is 0 Å². The molecule has 0 saturated carbocycles. The Morgan fingerprint density at radius 3 is 2.47 bits per heavy atom. The van der Waals surface area contributed by atoms with Gasteiger partial charge in [0.05, 0.1) is 0 Å². The minimum absolute atomic E-state index is 0.620. The quantitative estimate of drug-likeness (QED) is 0.728. The van der Waals surface area contributed by atoms with Crippen LogP contribution in [-0.4, -0.2) is 36.1 Å². The Bertz CT molecular complexity index is 164. The van der Waals surface area contributed by atoms with Crippen LogP contribution >= 0.6 is 0 Å². The van der Waals surface area contributed by atoms with Crippen LogP contribution in [0.3, 0.4) is 0 Å². The van der Waals surface area contributed by atoms with Gasteiger partial charge in [-0.15, -0.1) is 0 Å². The molecular formula is C13H28N2. The van der Waals surface area contributed by atoms with E-state index in [4.69, 9.17) is 0 Å². The van der Waals surface area contributed by atoms with Gasteiger partial charge in [-0.3, -0.25) is 4.90 Å². The predicted octanol–water partition coefficient (Wildman–Crippen LogP) is 2.64. The van der Waals surface area contributed by atoms with E-state index in [1.54, 1.807) is 0 Å². The van der Waals surface area contributed by atoms with Crippen molar-refractivity contribution in [1.82, 2.24) is 10.2 Å². The lowest BCUT2D eigenvalue weighted by Crippen LogP contribution is -2.44. The first-order chi connectivity index (χ1) is 7.19. The molecule has 1 unspecified atom stereocenters. The van der Waals surface area contributed by atoms with E-state index in [1.165, 1.54) is 38.8 Å². The molecule has 0 amide bonds. The number of rotatable bonds is 6. The van der Waals surface area contributed by atoms with Crippen molar-refractivity contribution in [2.45, 2.75) is 71.5 Å². The molecule has 0 aromatic carbocycles. The lowest BCUT2D eigenvalue weighted by molar-refractivity contribution is 0.165. The monoisotopic (exact) mass is 212 g/mol.